The van der Waals surface area contributed by atoms with Gasteiger partial charge in [-0.3, -0.25) is 28.8 Å². The number of aromatic amines is 1. The highest BCUT2D eigenvalue weighted by molar-refractivity contribution is 5.97. The van der Waals surface area contributed by atoms with Crippen molar-refractivity contribution in [1.29, 1.82) is 0 Å². The smallest absolute Gasteiger partial charge is 0.330 e. The predicted octanol–water partition coefficient (Wildman–Crippen LogP) is 1.35. The summed E-state index contributed by atoms with van der Waals surface area (Å²) >= 11 is 0. The lowest BCUT2D eigenvalue weighted by Gasteiger charge is -2.35. The maximum Gasteiger partial charge on any atom is 0.330 e. The Hall–Kier alpha value is -3.40. The third-order valence-electron chi connectivity index (χ3n) is 6.32. The van der Waals surface area contributed by atoms with Gasteiger partial charge in [0.15, 0.2) is 5.69 Å². The van der Waals surface area contributed by atoms with Crippen LogP contribution < -0.4 is 21.9 Å². The minimum atomic E-state index is -0.667. The molecular formula is C25H36N6O4. The second-order valence-electron chi connectivity index (χ2n) is 9.08. The topological polar surface area (TPSA) is 125 Å². The molecule has 2 heterocycles. The van der Waals surface area contributed by atoms with E-state index in [-0.39, 0.29) is 36.4 Å². The quantitative estimate of drug-likeness (QED) is 0.583. The molecule has 0 radical (unpaired) electrons. The Kier molecular flexibility index (Phi) is 8.50. The number of hydrogen-bond acceptors (Lipinski definition) is 6. The van der Waals surface area contributed by atoms with Gasteiger partial charge in [-0.1, -0.05) is 30.5 Å². The van der Waals surface area contributed by atoms with E-state index in [0.29, 0.717) is 38.3 Å². The number of rotatable bonds is 8. The lowest BCUT2D eigenvalue weighted by atomic mass is 10.1. The van der Waals surface area contributed by atoms with Crippen LogP contribution in [0, 0.1) is 13.8 Å². The first-order valence-corrected chi connectivity index (χ1v) is 12.2. The monoisotopic (exact) mass is 484 g/mol. The van der Waals surface area contributed by atoms with Crippen LogP contribution in [-0.4, -0.2) is 70.4 Å². The second-order valence-corrected chi connectivity index (χ2v) is 9.08. The predicted molar refractivity (Wildman–Crippen MR) is 137 cm³/mol. The number of piperazine rings is 1. The molecular weight excluding hydrogens is 448 g/mol. The van der Waals surface area contributed by atoms with Gasteiger partial charge in [-0.15, -0.1) is 0 Å². The third-order valence-corrected chi connectivity index (χ3v) is 6.32. The van der Waals surface area contributed by atoms with Crippen molar-refractivity contribution in [2.24, 2.45) is 0 Å². The zero-order valence-corrected chi connectivity index (χ0v) is 21.1. The molecule has 2 amide bonds. The van der Waals surface area contributed by atoms with E-state index >= 15 is 0 Å². The zero-order chi connectivity index (χ0) is 25.7. The summed E-state index contributed by atoms with van der Waals surface area (Å²) in [5.74, 6) is -0.280. The van der Waals surface area contributed by atoms with Gasteiger partial charge in [0, 0.05) is 44.8 Å². The van der Waals surface area contributed by atoms with Crippen molar-refractivity contribution in [2.45, 2.75) is 47.1 Å². The highest BCUT2D eigenvalue weighted by Gasteiger charge is 2.27. The molecule has 1 aromatic carbocycles. The Morgan fingerprint density at radius 2 is 1.66 bits per heavy atom. The molecule has 10 nitrogen and oxygen atoms in total. The number of nitrogens with zero attached hydrogens (tertiary/aromatic N) is 4. The average Bonchev–Trinajstić information content (AvgIpc) is 2.80. The Morgan fingerprint density at radius 3 is 2.23 bits per heavy atom. The van der Waals surface area contributed by atoms with Crippen molar-refractivity contribution in [3.05, 3.63) is 55.7 Å². The molecule has 10 heteroatoms. The van der Waals surface area contributed by atoms with Crippen LogP contribution in [0.25, 0.3) is 0 Å². The number of nitrogen functional groups attached to an aromatic ring is 1. The number of carbonyl (C=O) groups excluding carboxylic acids is 2. The summed E-state index contributed by atoms with van der Waals surface area (Å²) in [7, 11) is 0. The van der Waals surface area contributed by atoms with Gasteiger partial charge in [-0.2, -0.15) is 0 Å². The van der Waals surface area contributed by atoms with Crippen molar-refractivity contribution in [3.63, 3.8) is 0 Å². The Morgan fingerprint density at radius 1 is 1.03 bits per heavy atom. The Labute approximate surface area is 205 Å². The fraction of sp³-hybridized carbons (Fsp3) is 0.520. The van der Waals surface area contributed by atoms with E-state index in [0.717, 1.165) is 24.0 Å². The number of amides is 2. The fourth-order valence-corrected chi connectivity index (χ4v) is 4.50. The van der Waals surface area contributed by atoms with Gasteiger partial charge < -0.3 is 15.5 Å². The molecule has 1 aliphatic rings. The second kappa shape index (κ2) is 11.4. The van der Waals surface area contributed by atoms with Crippen molar-refractivity contribution >= 4 is 23.3 Å². The number of benzene rings is 1. The van der Waals surface area contributed by atoms with Gasteiger partial charge in [0.25, 0.3) is 11.5 Å². The molecule has 3 rings (SSSR count). The highest BCUT2D eigenvalue weighted by atomic mass is 16.2. The Bertz CT molecular complexity index is 1170. The molecule has 0 spiro atoms. The Balaban J connectivity index is 1.68. The van der Waals surface area contributed by atoms with Crippen molar-refractivity contribution in [2.75, 3.05) is 49.9 Å². The highest BCUT2D eigenvalue weighted by Crippen LogP contribution is 2.18. The molecule has 1 saturated heterocycles. The summed E-state index contributed by atoms with van der Waals surface area (Å²) in [6.45, 7) is 10.5. The first-order chi connectivity index (χ1) is 16.7. The number of nitrogens with one attached hydrogen (secondary N) is 1. The summed E-state index contributed by atoms with van der Waals surface area (Å²) in [5, 5.41) is 0. The van der Waals surface area contributed by atoms with E-state index < -0.39 is 11.2 Å². The van der Waals surface area contributed by atoms with E-state index in [9.17, 15) is 19.2 Å². The number of likely N-dealkylation sites (N-methyl/N-ethyl adjacent to an activating group) is 1. The summed E-state index contributed by atoms with van der Waals surface area (Å²) in [5.41, 5.74) is 7.74. The first kappa shape index (κ1) is 26.2. The van der Waals surface area contributed by atoms with Crippen LogP contribution in [0.1, 0.15) is 48.2 Å². The van der Waals surface area contributed by atoms with Gasteiger partial charge in [-0.25, -0.2) is 4.79 Å². The average molecular weight is 485 g/mol. The van der Waals surface area contributed by atoms with Gasteiger partial charge in [0.2, 0.25) is 5.91 Å². The lowest BCUT2D eigenvalue weighted by molar-refractivity contribution is -0.120. The first-order valence-electron chi connectivity index (χ1n) is 12.2. The maximum atomic E-state index is 13.2. The molecule has 2 aromatic rings. The fourth-order valence-electron chi connectivity index (χ4n) is 4.50. The largest absolute Gasteiger partial charge is 0.383 e. The minimum absolute atomic E-state index is 0.00580. The van der Waals surface area contributed by atoms with Gasteiger partial charge in [0.05, 0.1) is 6.54 Å². The lowest BCUT2D eigenvalue weighted by Crippen LogP contribution is -2.52. The SMILES string of the molecule is CCCCn1c(N)c(N(CC)C(=O)CN2CCN(C(=O)c3cc(C)cc(C)c3)CC2)c(=O)[nH]c1=O. The number of unbranched alkanes of at least 4 members (excludes halogenated alkanes) is 1. The van der Waals surface area contributed by atoms with Crippen molar-refractivity contribution < 1.29 is 9.59 Å². The number of H-pyrrole nitrogens is 1. The van der Waals surface area contributed by atoms with Gasteiger partial charge in [0.1, 0.15) is 5.82 Å². The molecule has 0 saturated carbocycles. The number of anilines is 2. The summed E-state index contributed by atoms with van der Waals surface area (Å²) in [6, 6.07) is 5.83. The molecule has 0 unspecified atom stereocenters. The molecule has 0 atom stereocenters. The van der Waals surface area contributed by atoms with Gasteiger partial charge >= 0.3 is 5.69 Å². The van der Waals surface area contributed by atoms with E-state index in [1.807, 2.05) is 43.9 Å². The number of nitrogens with two attached hydrogens (primary N) is 1. The van der Waals surface area contributed by atoms with Crippen LogP contribution in [0.3, 0.4) is 0 Å². The number of aromatic nitrogens is 2. The standard InChI is InChI=1S/C25H36N6O4/c1-5-7-8-31-22(26)21(23(33)27-25(31)35)30(6-2)20(32)16-28-9-11-29(12-10-28)24(34)19-14-17(3)13-18(4)15-19/h13-15H,5-12,16,26H2,1-4H3,(H,27,33,35). The van der Waals surface area contributed by atoms with E-state index in [1.165, 1.54) is 9.47 Å². The molecule has 1 fully saturated rings. The van der Waals surface area contributed by atoms with Crippen LogP contribution in [-0.2, 0) is 11.3 Å². The maximum absolute atomic E-state index is 13.2. The molecule has 190 valence electrons. The van der Waals surface area contributed by atoms with Crippen LogP contribution in [0.15, 0.2) is 27.8 Å². The van der Waals surface area contributed by atoms with Crippen molar-refractivity contribution in [3.8, 4) is 0 Å². The molecule has 35 heavy (non-hydrogen) atoms. The van der Waals surface area contributed by atoms with Crippen LogP contribution in [0.4, 0.5) is 11.5 Å². The summed E-state index contributed by atoms with van der Waals surface area (Å²) < 4.78 is 1.31. The van der Waals surface area contributed by atoms with Crippen molar-refractivity contribution in [1.82, 2.24) is 19.4 Å². The summed E-state index contributed by atoms with van der Waals surface area (Å²) in [6.07, 6.45) is 1.58. The minimum Gasteiger partial charge on any atom is -0.383 e. The molecule has 3 N–H and O–H groups in total. The molecule has 0 aliphatic carbocycles. The third kappa shape index (κ3) is 6.00. The van der Waals surface area contributed by atoms with Crippen LogP contribution >= 0.6 is 0 Å². The van der Waals surface area contributed by atoms with Crippen LogP contribution in [0.5, 0.6) is 0 Å². The number of hydrogen-bond donors (Lipinski definition) is 2. The number of carbonyl (C=O) groups is 2. The normalized spacial score (nSPS) is 14.2. The molecule has 1 aliphatic heterocycles. The van der Waals surface area contributed by atoms with E-state index in [4.69, 9.17) is 5.73 Å². The van der Waals surface area contributed by atoms with E-state index in [1.54, 1.807) is 11.8 Å². The summed E-state index contributed by atoms with van der Waals surface area (Å²) in [4.78, 5) is 58.3. The van der Waals surface area contributed by atoms with E-state index in [2.05, 4.69) is 4.98 Å². The van der Waals surface area contributed by atoms with Crippen LogP contribution in [0.2, 0.25) is 0 Å². The molecule has 1 aromatic heterocycles. The number of aryl methyl sites for hydroxylation is 2. The zero-order valence-electron chi connectivity index (χ0n) is 21.1. The molecule has 0 bridgehead atoms. The van der Waals surface area contributed by atoms with Gasteiger partial charge in [-0.05, 0) is 39.3 Å².